The lowest BCUT2D eigenvalue weighted by atomic mass is 10.1. The van der Waals surface area contributed by atoms with Crippen molar-refractivity contribution in [2.75, 3.05) is 6.61 Å². The molecule has 27 heavy (non-hydrogen) atoms. The molecule has 1 heterocycles. The predicted molar refractivity (Wildman–Crippen MR) is 101 cm³/mol. The van der Waals surface area contributed by atoms with Gasteiger partial charge in [0.2, 0.25) is 0 Å². The molecular formula is C20H20N4O3. The van der Waals surface area contributed by atoms with E-state index in [2.05, 4.69) is 21.0 Å². The van der Waals surface area contributed by atoms with Crippen LogP contribution in [0.15, 0.2) is 54.7 Å². The lowest BCUT2D eigenvalue weighted by Crippen LogP contribution is -2.43. The van der Waals surface area contributed by atoms with Crippen LogP contribution >= 0.6 is 0 Å². The maximum atomic E-state index is 12.3. The Balaban J connectivity index is 1.54. The summed E-state index contributed by atoms with van der Waals surface area (Å²) in [7, 11) is 0. The van der Waals surface area contributed by atoms with E-state index in [-0.39, 0.29) is 6.61 Å². The van der Waals surface area contributed by atoms with E-state index < -0.39 is 11.8 Å². The average molecular weight is 364 g/mol. The van der Waals surface area contributed by atoms with Crippen molar-refractivity contribution in [2.24, 2.45) is 0 Å². The molecule has 3 N–H and O–H groups in total. The lowest BCUT2D eigenvalue weighted by Gasteiger charge is -2.10. The first-order valence-electron chi connectivity index (χ1n) is 8.42. The number of H-pyrrole nitrogens is 1. The van der Waals surface area contributed by atoms with Crippen LogP contribution in [0.5, 0.6) is 5.75 Å². The summed E-state index contributed by atoms with van der Waals surface area (Å²) in [6, 6.07) is 14.9. The fraction of sp³-hybridized carbons (Fsp3) is 0.150. The fourth-order valence-corrected chi connectivity index (χ4v) is 2.47. The quantitative estimate of drug-likeness (QED) is 0.606. The zero-order chi connectivity index (χ0) is 19.2. The van der Waals surface area contributed by atoms with Crippen LogP contribution in [0.1, 0.15) is 21.5 Å². The molecule has 0 aliphatic heterocycles. The van der Waals surface area contributed by atoms with Crippen molar-refractivity contribution in [1.82, 2.24) is 21.0 Å². The second-order valence-electron chi connectivity index (χ2n) is 6.06. The molecule has 0 atom stereocenters. The molecular weight excluding hydrogens is 344 g/mol. The minimum atomic E-state index is -0.470. The normalized spacial score (nSPS) is 10.3. The largest absolute Gasteiger partial charge is 0.484 e. The first kappa shape index (κ1) is 18.2. The molecule has 138 valence electrons. The van der Waals surface area contributed by atoms with Crippen molar-refractivity contribution in [2.45, 2.75) is 13.8 Å². The van der Waals surface area contributed by atoms with Crippen molar-refractivity contribution in [3.05, 3.63) is 71.4 Å². The second-order valence-corrected chi connectivity index (χ2v) is 6.06. The van der Waals surface area contributed by atoms with E-state index in [1.54, 1.807) is 6.07 Å². The van der Waals surface area contributed by atoms with E-state index in [1.807, 2.05) is 56.3 Å². The summed E-state index contributed by atoms with van der Waals surface area (Å²) in [4.78, 5) is 24.3. The zero-order valence-electron chi connectivity index (χ0n) is 15.1. The van der Waals surface area contributed by atoms with Crippen LogP contribution in [0.4, 0.5) is 0 Å². The van der Waals surface area contributed by atoms with Crippen molar-refractivity contribution >= 4 is 11.8 Å². The molecule has 0 bridgehead atoms. The summed E-state index contributed by atoms with van der Waals surface area (Å²) in [5.41, 5.74) is 8.67. The molecule has 2 aromatic carbocycles. The van der Waals surface area contributed by atoms with E-state index in [0.29, 0.717) is 17.0 Å². The number of rotatable bonds is 5. The average Bonchev–Trinajstić information content (AvgIpc) is 3.17. The highest BCUT2D eigenvalue weighted by Crippen LogP contribution is 2.20. The molecule has 2 amide bonds. The fourth-order valence-electron chi connectivity index (χ4n) is 2.47. The number of nitrogens with one attached hydrogen (secondary N) is 3. The predicted octanol–water partition coefficient (Wildman–Crippen LogP) is 2.53. The van der Waals surface area contributed by atoms with Gasteiger partial charge in [0, 0.05) is 5.56 Å². The van der Waals surface area contributed by atoms with E-state index in [4.69, 9.17) is 4.74 Å². The Morgan fingerprint density at radius 3 is 2.56 bits per heavy atom. The standard InChI is InChI=1S/C20H20N4O3/c1-13-8-9-16(10-14(13)2)27-12-18(25)22-24-20(26)17-11-21-23-19(17)15-6-4-3-5-7-15/h3-11H,12H2,1-2H3,(H,21,23)(H,22,25)(H,24,26). The number of aryl methyl sites for hydroxylation is 2. The van der Waals surface area contributed by atoms with Gasteiger partial charge in [-0.05, 0) is 37.1 Å². The Morgan fingerprint density at radius 2 is 1.81 bits per heavy atom. The smallest absolute Gasteiger partial charge is 0.276 e. The number of ether oxygens (including phenoxy) is 1. The number of hydrazine groups is 1. The molecule has 0 unspecified atom stereocenters. The van der Waals surface area contributed by atoms with Crippen molar-refractivity contribution in [1.29, 1.82) is 0 Å². The van der Waals surface area contributed by atoms with Gasteiger partial charge in [-0.15, -0.1) is 0 Å². The van der Waals surface area contributed by atoms with Gasteiger partial charge in [0.1, 0.15) is 5.75 Å². The van der Waals surface area contributed by atoms with Crippen LogP contribution in [0, 0.1) is 13.8 Å². The summed E-state index contributed by atoms with van der Waals surface area (Å²) >= 11 is 0. The third-order valence-electron chi connectivity index (χ3n) is 4.11. The number of aromatic amines is 1. The van der Waals surface area contributed by atoms with E-state index in [0.717, 1.165) is 16.7 Å². The molecule has 0 saturated heterocycles. The Labute approximate surface area is 156 Å². The van der Waals surface area contributed by atoms with Gasteiger partial charge in [-0.2, -0.15) is 5.10 Å². The first-order valence-corrected chi connectivity index (χ1v) is 8.42. The van der Waals surface area contributed by atoms with Gasteiger partial charge < -0.3 is 4.74 Å². The number of hydrogen-bond donors (Lipinski definition) is 3. The van der Waals surface area contributed by atoms with Gasteiger partial charge in [-0.25, -0.2) is 0 Å². The number of nitrogens with zero attached hydrogens (tertiary/aromatic N) is 1. The van der Waals surface area contributed by atoms with Gasteiger partial charge in [0.05, 0.1) is 17.5 Å². The number of carbonyl (C=O) groups is 2. The van der Waals surface area contributed by atoms with Gasteiger partial charge in [-0.1, -0.05) is 36.4 Å². The third kappa shape index (κ3) is 4.52. The molecule has 0 saturated carbocycles. The van der Waals surface area contributed by atoms with E-state index >= 15 is 0 Å². The molecule has 0 spiro atoms. The number of aromatic nitrogens is 2. The van der Waals surface area contributed by atoms with Gasteiger partial charge in [0.25, 0.3) is 11.8 Å². The van der Waals surface area contributed by atoms with Gasteiger partial charge in [0.15, 0.2) is 6.61 Å². The summed E-state index contributed by atoms with van der Waals surface area (Å²) in [5, 5.41) is 6.71. The Kier molecular flexibility index (Phi) is 5.51. The third-order valence-corrected chi connectivity index (χ3v) is 4.11. The summed E-state index contributed by atoms with van der Waals surface area (Å²) in [6.07, 6.45) is 1.41. The van der Waals surface area contributed by atoms with Gasteiger partial charge >= 0.3 is 0 Å². The summed E-state index contributed by atoms with van der Waals surface area (Å²) < 4.78 is 5.44. The molecule has 0 radical (unpaired) electrons. The summed E-state index contributed by atoms with van der Waals surface area (Å²) in [6.45, 7) is 3.76. The van der Waals surface area contributed by atoms with Crippen LogP contribution in [0.2, 0.25) is 0 Å². The number of benzene rings is 2. The van der Waals surface area contributed by atoms with E-state index in [9.17, 15) is 9.59 Å². The molecule has 0 aliphatic carbocycles. The SMILES string of the molecule is Cc1ccc(OCC(=O)NNC(=O)c2cn[nH]c2-c2ccccc2)cc1C. The monoisotopic (exact) mass is 364 g/mol. The summed E-state index contributed by atoms with van der Waals surface area (Å²) in [5.74, 6) is -0.339. The molecule has 0 fully saturated rings. The number of carbonyl (C=O) groups excluding carboxylic acids is 2. The number of amides is 2. The highest BCUT2D eigenvalue weighted by Gasteiger charge is 2.15. The topological polar surface area (TPSA) is 96.1 Å². The zero-order valence-corrected chi connectivity index (χ0v) is 15.1. The molecule has 7 heteroatoms. The highest BCUT2D eigenvalue weighted by molar-refractivity contribution is 6.00. The van der Waals surface area contributed by atoms with Gasteiger partial charge in [-0.3, -0.25) is 25.5 Å². The van der Waals surface area contributed by atoms with Crippen molar-refractivity contribution < 1.29 is 14.3 Å². The van der Waals surface area contributed by atoms with Crippen LogP contribution in [-0.2, 0) is 4.79 Å². The van der Waals surface area contributed by atoms with E-state index in [1.165, 1.54) is 6.20 Å². The van der Waals surface area contributed by atoms with Crippen molar-refractivity contribution in [3.63, 3.8) is 0 Å². The van der Waals surface area contributed by atoms with Crippen LogP contribution in [0.3, 0.4) is 0 Å². The molecule has 0 aliphatic rings. The highest BCUT2D eigenvalue weighted by atomic mass is 16.5. The molecule has 1 aromatic heterocycles. The Hall–Kier alpha value is -3.61. The second kappa shape index (κ2) is 8.18. The first-order chi connectivity index (χ1) is 13.0. The lowest BCUT2D eigenvalue weighted by molar-refractivity contribution is -0.123. The van der Waals surface area contributed by atoms with Crippen molar-refractivity contribution in [3.8, 4) is 17.0 Å². The van der Waals surface area contributed by atoms with Crippen LogP contribution < -0.4 is 15.6 Å². The molecule has 3 aromatic rings. The minimum absolute atomic E-state index is 0.209. The van der Waals surface area contributed by atoms with Crippen LogP contribution in [-0.4, -0.2) is 28.6 Å². The minimum Gasteiger partial charge on any atom is -0.484 e. The Bertz CT molecular complexity index is 951. The maximum absolute atomic E-state index is 12.3. The number of hydrogen-bond acceptors (Lipinski definition) is 4. The maximum Gasteiger partial charge on any atom is 0.276 e. The Morgan fingerprint density at radius 1 is 1.04 bits per heavy atom. The van der Waals surface area contributed by atoms with Crippen LogP contribution in [0.25, 0.3) is 11.3 Å². The molecule has 7 nitrogen and oxygen atoms in total. The molecule has 3 rings (SSSR count).